The maximum atomic E-state index is 11.6. The number of hydrogen-bond acceptors (Lipinski definition) is 5. The molecule has 1 aliphatic heterocycles. The van der Waals surface area contributed by atoms with Crippen molar-refractivity contribution in [3.63, 3.8) is 0 Å². The molecule has 0 N–H and O–H groups in total. The van der Waals surface area contributed by atoms with Gasteiger partial charge in [-0.05, 0) is 18.3 Å². The van der Waals surface area contributed by atoms with Crippen LogP contribution in [0, 0.1) is 0 Å². The van der Waals surface area contributed by atoms with Crippen LogP contribution < -0.4 is 10.3 Å². The lowest BCUT2D eigenvalue weighted by Crippen LogP contribution is -2.29. The number of rotatable bonds is 3. The summed E-state index contributed by atoms with van der Waals surface area (Å²) >= 11 is 0.0377. The van der Waals surface area contributed by atoms with E-state index in [4.69, 9.17) is 0 Å². The second-order valence-corrected chi connectivity index (χ2v) is 5.87. The second kappa shape index (κ2) is 4.53. The normalized spacial score (nSPS) is 18.3. The molecule has 87 valence electrons. The van der Waals surface area contributed by atoms with E-state index < -0.39 is 11.2 Å². The summed E-state index contributed by atoms with van der Waals surface area (Å²) in [6.45, 7) is 2.05. The van der Waals surface area contributed by atoms with E-state index in [2.05, 4.69) is 15.6 Å². The van der Waals surface area contributed by atoms with Gasteiger partial charge in [-0.1, -0.05) is 5.10 Å². The first-order valence-electron chi connectivity index (χ1n) is 4.58. The molecule has 0 bridgehead atoms. The van der Waals surface area contributed by atoms with Gasteiger partial charge in [-0.2, -0.15) is 0 Å². The van der Waals surface area contributed by atoms with Gasteiger partial charge in [0, 0.05) is 18.2 Å². The van der Waals surface area contributed by atoms with Gasteiger partial charge in [0.1, 0.15) is 12.4 Å². The summed E-state index contributed by atoms with van der Waals surface area (Å²) in [5, 5.41) is 9.34. The molecule has 1 fully saturated rings. The summed E-state index contributed by atoms with van der Waals surface area (Å²) < 4.78 is 11.9. The van der Waals surface area contributed by atoms with E-state index >= 15 is 0 Å². The van der Waals surface area contributed by atoms with Crippen LogP contribution in [0.3, 0.4) is 0 Å². The van der Waals surface area contributed by atoms with E-state index in [1.165, 1.54) is 9.91 Å². The quantitative estimate of drug-likeness (QED) is 0.566. The summed E-state index contributed by atoms with van der Waals surface area (Å²) in [4.78, 5) is 13.0. The van der Waals surface area contributed by atoms with Crippen molar-refractivity contribution in [2.24, 2.45) is 0 Å². The van der Waals surface area contributed by atoms with Crippen LogP contribution in [0.1, 0.15) is 6.92 Å². The Morgan fingerprint density at radius 1 is 1.56 bits per heavy atom. The van der Waals surface area contributed by atoms with Gasteiger partial charge in [-0.25, -0.2) is 14.7 Å². The number of anilines is 1. The molecule has 1 saturated heterocycles. The Morgan fingerprint density at radius 3 is 2.88 bits per heavy atom. The minimum atomic E-state index is -1.13. The monoisotopic (exact) mass is 260 g/mol. The number of carbonyl (C=O) groups is 1. The molecule has 1 aliphatic rings. The zero-order valence-corrected chi connectivity index (χ0v) is 10.4. The summed E-state index contributed by atoms with van der Waals surface area (Å²) in [5.74, 6) is 0.493. The van der Waals surface area contributed by atoms with Crippen LogP contribution in [0.5, 0.6) is 0 Å². The van der Waals surface area contributed by atoms with E-state index in [0.717, 1.165) is 11.3 Å². The van der Waals surface area contributed by atoms with E-state index in [-0.39, 0.29) is 12.7 Å². The Morgan fingerprint density at radius 2 is 2.31 bits per heavy atom. The molecule has 2 rings (SSSR count). The molecule has 7 nitrogen and oxygen atoms in total. The smallest absolute Gasteiger partial charge is 0.343 e. The Labute approximate surface area is 99.6 Å². The van der Waals surface area contributed by atoms with Crippen molar-refractivity contribution in [1.82, 2.24) is 20.6 Å². The van der Waals surface area contributed by atoms with Crippen LogP contribution in [0.4, 0.5) is 9.93 Å². The fourth-order valence-corrected chi connectivity index (χ4v) is 3.02. The summed E-state index contributed by atoms with van der Waals surface area (Å²) in [5.41, 5.74) is 3.92. The number of amides is 2. The van der Waals surface area contributed by atoms with Gasteiger partial charge in [-0.15, -0.1) is 10.5 Å². The third-order valence-electron chi connectivity index (χ3n) is 2.01. The molecule has 0 spiro atoms. The van der Waals surface area contributed by atoms with Crippen molar-refractivity contribution >= 4 is 33.7 Å². The highest BCUT2D eigenvalue weighted by atomic mass is 32.2. The lowest BCUT2D eigenvalue weighted by molar-refractivity contribution is 0.215. The maximum absolute atomic E-state index is 11.6. The average Bonchev–Trinajstić information content (AvgIpc) is 2.87. The molecule has 1 aromatic rings. The third kappa shape index (κ3) is 1.98. The van der Waals surface area contributed by atoms with Crippen LogP contribution in [-0.4, -0.2) is 45.3 Å². The Bertz CT molecular complexity index is 398. The number of nitrogens with zero attached hydrogens (tertiary/aromatic N) is 5. The lowest BCUT2D eigenvalue weighted by Gasteiger charge is -2.08. The van der Waals surface area contributed by atoms with Crippen molar-refractivity contribution < 1.29 is 9.35 Å². The molecule has 2 amide bonds. The van der Waals surface area contributed by atoms with Gasteiger partial charge >= 0.3 is 10.4 Å². The number of hydrogen-bond donors (Lipinski definition) is 0. The van der Waals surface area contributed by atoms with E-state index in [1.807, 2.05) is 0 Å². The molecular formula is C7H10N5O2S2. The predicted octanol–water partition coefficient (Wildman–Crippen LogP) is 0.0143. The fraction of sp³-hybridized carbons (Fsp3) is 0.571. The molecule has 1 atom stereocenters. The summed E-state index contributed by atoms with van der Waals surface area (Å²) in [6, 6.07) is -0.245. The van der Waals surface area contributed by atoms with Crippen LogP contribution in [0.15, 0.2) is 4.34 Å². The fourth-order valence-electron chi connectivity index (χ4n) is 1.12. The highest BCUT2D eigenvalue weighted by molar-refractivity contribution is 7.93. The highest BCUT2D eigenvalue weighted by Gasteiger charge is 2.31. The highest BCUT2D eigenvalue weighted by Crippen LogP contribution is 2.26. The van der Waals surface area contributed by atoms with Crippen LogP contribution >= 0.6 is 11.3 Å². The Kier molecular flexibility index (Phi) is 3.28. The largest absolute Gasteiger partial charge is 0.610 e. The molecule has 0 aromatic carbocycles. The van der Waals surface area contributed by atoms with Gasteiger partial charge in [-0.3, -0.25) is 0 Å². The molecule has 1 radical (unpaired) electrons. The van der Waals surface area contributed by atoms with Gasteiger partial charge in [0.2, 0.25) is 5.13 Å². The Balaban J connectivity index is 2.16. The molecule has 16 heavy (non-hydrogen) atoms. The SMILES string of the molecule is CC[S+]([O-])c1nnc(N2C[N]N(C)C2=O)s1. The van der Waals surface area contributed by atoms with Crippen LogP contribution in [-0.2, 0) is 11.2 Å². The zero-order chi connectivity index (χ0) is 11.7. The molecular weight excluding hydrogens is 250 g/mol. The molecule has 1 unspecified atom stereocenters. The van der Waals surface area contributed by atoms with Crippen molar-refractivity contribution in [2.75, 3.05) is 24.4 Å². The number of urea groups is 1. The van der Waals surface area contributed by atoms with Crippen molar-refractivity contribution in [2.45, 2.75) is 11.3 Å². The van der Waals surface area contributed by atoms with E-state index in [1.54, 1.807) is 14.0 Å². The minimum absolute atomic E-state index is 0.239. The minimum Gasteiger partial charge on any atom is -0.610 e. The molecule has 2 heterocycles. The first-order valence-corrected chi connectivity index (χ1v) is 6.71. The van der Waals surface area contributed by atoms with Crippen LogP contribution in [0.25, 0.3) is 0 Å². The topological polar surface area (TPSA) is 86.5 Å². The number of carbonyl (C=O) groups excluding carboxylic acids is 1. The predicted molar refractivity (Wildman–Crippen MR) is 59.5 cm³/mol. The van der Waals surface area contributed by atoms with Gasteiger partial charge < -0.3 is 4.55 Å². The van der Waals surface area contributed by atoms with Gasteiger partial charge in [0.05, 0.1) is 0 Å². The van der Waals surface area contributed by atoms with Crippen molar-refractivity contribution in [3.05, 3.63) is 0 Å². The Hall–Kier alpha value is -0.900. The van der Waals surface area contributed by atoms with Crippen LogP contribution in [0.2, 0.25) is 0 Å². The summed E-state index contributed by atoms with van der Waals surface area (Å²) in [7, 11) is 1.58. The first-order chi connectivity index (χ1) is 7.63. The molecule has 9 heteroatoms. The standard InChI is InChI=1S/C7H10N5O2S2/c1-3-16(14)6-10-9-5(15-6)12-4-8-11(2)7(12)13/h3-4H2,1-2H3. The van der Waals surface area contributed by atoms with E-state index in [0.29, 0.717) is 15.2 Å². The third-order valence-corrected chi connectivity index (χ3v) is 4.55. The molecule has 1 aromatic heterocycles. The molecule has 0 saturated carbocycles. The van der Waals surface area contributed by atoms with E-state index in [9.17, 15) is 9.35 Å². The maximum Gasteiger partial charge on any atom is 0.343 e. The number of aromatic nitrogens is 2. The average molecular weight is 260 g/mol. The summed E-state index contributed by atoms with van der Waals surface area (Å²) in [6.07, 6.45) is 0. The lowest BCUT2D eigenvalue weighted by atomic mass is 10.8. The van der Waals surface area contributed by atoms with Crippen molar-refractivity contribution in [1.29, 1.82) is 0 Å². The van der Waals surface area contributed by atoms with Gasteiger partial charge in [0.15, 0.2) is 0 Å². The first kappa shape index (κ1) is 11.6. The second-order valence-electron chi connectivity index (χ2n) is 3.00. The zero-order valence-electron chi connectivity index (χ0n) is 8.78. The van der Waals surface area contributed by atoms with Crippen molar-refractivity contribution in [3.8, 4) is 0 Å². The molecule has 0 aliphatic carbocycles. The van der Waals surface area contributed by atoms with Gasteiger partial charge in [0.25, 0.3) is 0 Å².